The third-order valence-corrected chi connectivity index (χ3v) is 5.15. The molecule has 1 aromatic carbocycles. The van der Waals surface area contributed by atoms with Gasteiger partial charge in [0, 0.05) is 11.1 Å². The standard InChI is InChI=1S/C17H13N3O4S/c21-14-8-25-15(11-7-18-20-16(11)19-14)13-6-5-12(24-13)9-1-3-10(4-2-9)17(22)23/h1-7,15H,8H2,(H,22,23)(H2,18,19,20,21). The second-order valence-corrected chi connectivity index (χ2v) is 6.62. The lowest BCUT2D eigenvalue weighted by atomic mass is 10.1. The number of thioether (sulfide) groups is 1. The number of anilines is 1. The summed E-state index contributed by atoms with van der Waals surface area (Å²) in [7, 11) is 0. The summed E-state index contributed by atoms with van der Waals surface area (Å²) in [6.07, 6.45) is 1.68. The monoisotopic (exact) mass is 355 g/mol. The molecule has 1 aliphatic rings. The molecule has 0 spiro atoms. The molecule has 1 amide bonds. The maximum atomic E-state index is 11.8. The van der Waals surface area contributed by atoms with Gasteiger partial charge in [-0.3, -0.25) is 9.89 Å². The van der Waals surface area contributed by atoms with Crippen LogP contribution in [-0.2, 0) is 4.79 Å². The molecule has 126 valence electrons. The van der Waals surface area contributed by atoms with Crippen molar-refractivity contribution in [3.05, 3.63) is 59.5 Å². The Morgan fingerprint density at radius 2 is 2.04 bits per heavy atom. The van der Waals surface area contributed by atoms with Gasteiger partial charge in [-0.05, 0) is 24.3 Å². The Morgan fingerprint density at radius 1 is 1.24 bits per heavy atom. The zero-order chi connectivity index (χ0) is 17.4. The Bertz CT molecular complexity index is 945. The molecule has 3 heterocycles. The number of fused-ring (bicyclic) bond motifs is 1. The van der Waals surface area contributed by atoms with E-state index in [1.165, 1.54) is 23.9 Å². The molecule has 0 aliphatic carbocycles. The number of aromatic nitrogens is 2. The predicted molar refractivity (Wildman–Crippen MR) is 92.6 cm³/mol. The van der Waals surface area contributed by atoms with E-state index in [2.05, 4.69) is 15.5 Å². The van der Waals surface area contributed by atoms with Crippen molar-refractivity contribution < 1.29 is 19.1 Å². The van der Waals surface area contributed by atoms with Crippen molar-refractivity contribution in [1.82, 2.24) is 10.2 Å². The Hall–Kier alpha value is -3.00. The van der Waals surface area contributed by atoms with Crippen molar-refractivity contribution in [3.63, 3.8) is 0 Å². The first-order chi connectivity index (χ1) is 12.1. The summed E-state index contributed by atoms with van der Waals surface area (Å²) < 4.78 is 5.98. The summed E-state index contributed by atoms with van der Waals surface area (Å²) in [6.45, 7) is 0. The second kappa shape index (κ2) is 6.14. The highest BCUT2D eigenvalue weighted by Crippen LogP contribution is 2.42. The SMILES string of the molecule is O=C1CSC(c2ccc(-c3ccc(C(=O)O)cc3)o2)c2cn[nH]c2N1. The minimum absolute atomic E-state index is 0.0889. The van der Waals surface area contributed by atoms with Gasteiger partial charge in [0.2, 0.25) is 5.91 Å². The number of hydrogen-bond donors (Lipinski definition) is 3. The number of carbonyl (C=O) groups is 2. The molecule has 3 N–H and O–H groups in total. The Morgan fingerprint density at radius 3 is 2.80 bits per heavy atom. The van der Waals surface area contributed by atoms with Crippen LogP contribution in [0.15, 0.2) is 47.0 Å². The van der Waals surface area contributed by atoms with E-state index < -0.39 is 5.97 Å². The normalized spacial score (nSPS) is 16.8. The number of benzene rings is 1. The van der Waals surface area contributed by atoms with Gasteiger partial charge in [-0.25, -0.2) is 4.79 Å². The van der Waals surface area contributed by atoms with Crippen LogP contribution in [0.4, 0.5) is 5.82 Å². The van der Waals surface area contributed by atoms with Crippen LogP contribution in [0.1, 0.15) is 26.9 Å². The second-order valence-electron chi connectivity index (χ2n) is 5.52. The summed E-state index contributed by atoms with van der Waals surface area (Å²) >= 11 is 1.46. The molecule has 25 heavy (non-hydrogen) atoms. The zero-order valence-corrected chi connectivity index (χ0v) is 13.7. The van der Waals surface area contributed by atoms with Gasteiger partial charge in [0.15, 0.2) is 0 Å². The molecule has 1 unspecified atom stereocenters. The van der Waals surface area contributed by atoms with Gasteiger partial charge in [0.05, 0.1) is 22.8 Å². The molecule has 8 heteroatoms. The number of carbonyl (C=O) groups excluding carboxylic acids is 1. The zero-order valence-electron chi connectivity index (χ0n) is 12.9. The molecule has 0 saturated heterocycles. The summed E-state index contributed by atoms with van der Waals surface area (Å²) in [5, 5.41) is 18.4. The molecular formula is C17H13N3O4S. The lowest BCUT2D eigenvalue weighted by Crippen LogP contribution is -2.12. The highest BCUT2D eigenvalue weighted by molar-refractivity contribution is 8.00. The van der Waals surface area contributed by atoms with Gasteiger partial charge in [0.1, 0.15) is 17.3 Å². The number of nitrogens with one attached hydrogen (secondary N) is 2. The van der Waals surface area contributed by atoms with Crippen LogP contribution in [-0.4, -0.2) is 32.9 Å². The third kappa shape index (κ3) is 2.91. The van der Waals surface area contributed by atoms with E-state index in [9.17, 15) is 9.59 Å². The van der Waals surface area contributed by atoms with Crippen molar-refractivity contribution >= 4 is 29.5 Å². The fourth-order valence-corrected chi connectivity index (χ4v) is 3.72. The fourth-order valence-electron chi connectivity index (χ4n) is 2.68. The van der Waals surface area contributed by atoms with Crippen LogP contribution in [0.25, 0.3) is 11.3 Å². The Kier molecular flexibility index (Phi) is 3.81. The Balaban J connectivity index is 1.65. The third-order valence-electron chi connectivity index (χ3n) is 3.90. The molecule has 1 atom stereocenters. The summed E-state index contributed by atoms with van der Waals surface area (Å²) in [4.78, 5) is 22.7. The number of aromatic carboxylic acids is 1. The van der Waals surface area contributed by atoms with Crippen LogP contribution in [0, 0.1) is 0 Å². The van der Waals surface area contributed by atoms with E-state index in [1.54, 1.807) is 18.3 Å². The largest absolute Gasteiger partial charge is 0.478 e. The van der Waals surface area contributed by atoms with Crippen LogP contribution < -0.4 is 5.32 Å². The summed E-state index contributed by atoms with van der Waals surface area (Å²) in [6, 6.07) is 10.2. The van der Waals surface area contributed by atoms with Gasteiger partial charge in [-0.2, -0.15) is 5.10 Å². The molecule has 7 nitrogen and oxygen atoms in total. The maximum Gasteiger partial charge on any atom is 0.335 e. The highest BCUT2D eigenvalue weighted by Gasteiger charge is 2.28. The minimum atomic E-state index is -0.966. The summed E-state index contributed by atoms with van der Waals surface area (Å²) in [5.74, 6) is 1.20. The van der Waals surface area contributed by atoms with Crippen molar-refractivity contribution in [2.75, 3.05) is 11.1 Å². The number of rotatable bonds is 3. The lowest BCUT2D eigenvalue weighted by molar-refractivity contribution is -0.113. The van der Waals surface area contributed by atoms with Crippen molar-refractivity contribution in [3.8, 4) is 11.3 Å². The first kappa shape index (κ1) is 15.5. The van der Waals surface area contributed by atoms with E-state index in [1.807, 2.05) is 12.1 Å². The first-order valence-corrected chi connectivity index (χ1v) is 8.55. The Labute approximate surface area is 146 Å². The van der Waals surface area contributed by atoms with Crippen molar-refractivity contribution in [1.29, 1.82) is 0 Å². The lowest BCUT2D eigenvalue weighted by Gasteiger charge is -2.10. The molecule has 0 bridgehead atoms. The summed E-state index contributed by atoms with van der Waals surface area (Å²) in [5.41, 5.74) is 1.87. The number of carboxylic acid groups (broad SMARTS) is 1. The fraction of sp³-hybridized carbons (Fsp3) is 0.118. The predicted octanol–water partition coefficient (Wildman–Crippen LogP) is 3.14. The molecule has 1 aliphatic heterocycles. The quantitative estimate of drug-likeness (QED) is 0.666. The number of H-pyrrole nitrogens is 1. The maximum absolute atomic E-state index is 11.8. The molecule has 4 rings (SSSR count). The number of hydrogen-bond acceptors (Lipinski definition) is 5. The highest BCUT2D eigenvalue weighted by atomic mass is 32.2. The van der Waals surface area contributed by atoms with E-state index in [0.29, 0.717) is 23.1 Å². The van der Waals surface area contributed by atoms with Gasteiger partial charge in [-0.15, -0.1) is 11.8 Å². The molecule has 0 radical (unpaired) electrons. The van der Waals surface area contributed by atoms with Crippen LogP contribution >= 0.6 is 11.8 Å². The van der Waals surface area contributed by atoms with Gasteiger partial charge < -0.3 is 14.8 Å². The number of aromatic amines is 1. The number of furan rings is 1. The van der Waals surface area contributed by atoms with E-state index >= 15 is 0 Å². The minimum Gasteiger partial charge on any atom is -0.478 e. The van der Waals surface area contributed by atoms with Crippen molar-refractivity contribution in [2.24, 2.45) is 0 Å². The van der Waals surface area contributed by atoms with Gasteiger partial charge in [-0.1, -0.05) is 12.1 Å². The first-order valence-electron chi connectivity index (χ1n) is 7.50. The molecule has 2 aromatic heterocycles. The van der Waals surface area contributed by atoms with E-state index in [-0.39, 0.29) is 16.7 Å². The average molecular weight is 355 g/mol. The molecule has 0 fully saturated rings. The van der Waals surface area contributed by atoms with Crippen LogP contribution in [0.3, 0.4) is 0 Å². The number of carboxylic acids is 1. The average Bonchev–Trinajstić information content (AvgIpc) is 3.23. The number of nitrogens with zero attached hydrogens (tertiary/aromatic N) is 1. The van der Waals surface area contributed by atoms with Gasteiger partial charge >= 0.3 is 5.97 Å². The molecular weight excluding hydrogens is 342 g/mol. The molecule has 3 aromatic rings. The van der Waals surface area contributed by atoms with E-state index in [4.69, 9.17) is 9.52 Å². The molecule has 0 saturated carbocycles. The van der Waals surface area contributed by atoms with Gasteiger partial charge in [0.25, 0.3) is 0 Å². The smallest absolute Gasteiger partial charge is 0.335 e. The van der Waals surface area contributed by atoms with Crippen molar-refractivity contribution in [2.45, 2.75) is 5.25 Å². The van der Waals surface area contributed by atoms with E-state index in [0.717, 1.165) is 11.1 Å². The topological polar surface area (TPSA) is 108 Å². The van der Waals surface area contributed by atoms with Crippen LogP contribution in [0.5, 0.6) is 0 Å². The van der Waals surface area contributed by atoms with Crippen LogP contribution in [0.2, 0.25) is 0 Å². The number of amides is 1.